The van der Waals surface area contributed by atoms with Crippen LogP contribution in [0.15, 0.2) is 0 Å². The van der Waals surface area contributed by atoms with Gasteiger partial charge in [0.15, 0.2) is 0 Å². The molecule has 1 saturated heterocycles. The van der Waals surface area contributed by atoms with Gasteiger partial charge in [-0.3, -0.25) is 9.00 Å². The van der Waals surface area contributed by atoms with E-state index in [1.807, 2.05) is 0 Å². The van der Waals surface area contributed by atoms with Gasteiger partial charge in [-0.05, 0) is 13.0 Å². The van der Waals surface area contributed by atoms with E-state index >= 15 is 0 Å². The summed E-state index contributed by atoms with van der Waals surface area (Å²) in [6, 6.07) is 0.361. The van der Waals surface area contributed by atoms with Crippen molar-refractivity contribution in [3.05, 3.63) is 0 Å². The summed E-state index contributed by atoms with van der Waals surface area (Å²) in [6.45, 7) is 0.716. The lowest BCUT2D eigenvalue weighted by Crippen LogP contribution is -2.48. The first-order valence-electron chi connectivity index (χ1n) is 3.98. The fraction of sp³-hybridized carbons (Fsp3) is 0.857. The molecule has 1 fully saturated rings. The Bertz CT molecular complexity index is 187. The molecule has 1 rings (SSSR count). The maximum absolute atomic E-state index is 10.6. The van der Waals surface area contributed by atoms with Crippen molar-refractivity contribution in [2.75, 3.05) is 18.1 Å². The number of carboxylic acid groups (broad SMARTS) is 1. The predicted molar refractivity (Wildman–Crippen MR) is 46.5 cm³/mol. The fourth-order valence-corrected chi connectivity index (χ4v) is 2.10. The third kappa shape index (κ3) is 3.32. The molecule has 1 aliphatic heterocycles. The van der Waals surface area contributed by atoms with E-state index in [-0.39, 0.29) is 6.42 Å². The molecule has 0 radical (unpaired) electrons. The Morgan fingerprint density at radius 1 is 1.58 bits per heavy atom. The molecule has 0 amide bonds. The van der Waals surface area contributed by atoms with Crippen molar-refractivity contribution in [3.63, 3.8) is 0 Å². The second-order valence-corrected chi connectivity index (χ2v) is 4.47. The Balaban J connectivity index is 1.90. The zero-order chi connectivity index (χ0) is 8.97. The molecule has 0 spiro atoms. The lowest BCUT2D eigenvalue weighted by molar-refractivity contribution is -0.137. The molecule has 0 aliphatic carbocycles. The van der Waals surface area contributed by atoms with Gasteiger partial charge in [0, 0.05) is 34.8 Å². The van der Waals surface area contributed by atoms with Crippen molar-refractivity contribution in [1.29, 1.82) is 0 Å². The maximum atomic E-state index is 10.6. The van der Waals surface area contributed by atoms with Gasteiger partial charge in [0.1, 0.15) is 0 Å². The third-order valence-corrected chi connectivity index (χ3v) is 3.32. The van der Waals surface area contributed by atoms with Crippen LogP contribution in [0.1, 0.15) is 12.8 Å². The molecule has 4 nitrogen and oxygen atoms in total. The first-order chi connectivity index (χ1) is 5.68. The highest BCUT2D eigenvalue weighted by molar-refractivity contribution is 7.86. The summed E-state index contributed by atoms with van der Waals surface area (Å²) in [6.07, 6.45) is 0.862. The Kier molecular flexibility index (Phi) is 3.68. The highest BCUT2D eigenvalue weighted by atomic mass is 32.2. The van der Waals surface area contributed by atoms with Crippen LogP contribution in [0.3, 0.4) is 0 Å². The summed E-state index contributed by atoms with van der Waals surface area (Å²) in [4.78, 5) is 10.1. The third-order valence-electron chi connectivity index (χ3n) is 1.77. The summed E-state index contributed by atoms with van der Waals surface area (Å²) in [5, 5.41) is 11.5. The zero-order valence-corrected chi connectivity index (χ0v) is 7.60. The van der Waals surface area contributed by atoms with Crippen LogP contribution in [-0.4, -0.2) is 39.4 Å². The average Bonchev–Trinajstić information content (AvgIpc) is 1.93. The second kappa shape index (κ2) is 4.57. The molecule has 5 heteroatoms. The average molecular weight is 191 g/mol. The number of carbonyl (C=O) groups is 1. The number of aliphatic carboxylic acids is 1. The fourth-order valence-electron chi connectivity index (χ4n) is 1.06. The van der Waals surface area contributed by atoms with Crippen molar-refractivity contribution in [3.8, 4) is 0 Å². The molecule has 0 unspecified atom stereocenters. The van der Waals surface area contributed by atoms with Gasteiger partial charge in [0.2, 0.25) is 0 Å². The lowest BCUT2D eigenvalue weighted by atomic mass is 10.3. The van der Waals surface area contributed by atoms with E-state index in [2.05, 4.69) is 5.32 Å². The van der Waals surface area contributed by atoms with Crippen LogP contribution in [0.25, 0.3) is 0 Å². The second-order valence-electron chi connectivity index (χ2n) is 2.92. The zero-order valence-electron chi connectivity index (χ0n) is 6.78. The number of hydrogen-bond donors (Lipinski definition) is 2. The highest BCUT2D eigenvalue weighted by Crippen LogP contribution is 2.04. The van der Waals surface area contributed by atoms with Crippen LogP contribution in [0.2, 0.25) is 0 Å². The van der Waals surface area contributed by atoms with Crippen LogP contribution >= 0.6 is 0 Å². The van der Waals surface area contributed by atoms with Crippen molar-refractivity contribution in [1.82, 2.24) is 5.32 Å². The first-order valence-corrected chi connectivity index (χ1v) is 5.47. The molecule has 1 aliphatic rings. The largest absolute Gasteiger partial charge is 0.481 e. The van der Waals surface area contributed by atoms with Gasteiger partial charge >= 0.3 is 5.97 Å². The molecule has 0 aromatic rings. The van der Waals surface area contributed by atoms with Gasteiger partial charge in [-0.1, -0.05) is 0 Å². The Labute approximate surface area is 73.8 Å². The number of hydrogen-bond acceptors (Lipinski definition) is 3. The van der Waals surface area contributed by atoms with E-state index in [1.165, 1.54) is 0 Å². The standard InChI is InChI=1S/C7H13NO3S/c9-7(10)2-1-3-8-6-4-12(11)5-6/h6,8H,1-5H2,(H,9,10). The summed E-state index contributed by atoms with van der Waals surface area (Å²) in [5.41, 5.74) is 0. The summed E-state index contributed by atoms with van der Waals surface area (Å²) in [7, 11) is -0.615. The van der Waals surface area contributed by atoms with Gasteiger partial charge < -0.3 is 10.4 Å². The molecule has 70 valence electrons. The normalized spacial score (nSPS) is 28.0. The number of rotatable bonds is 5. The van der Waals surface area contributed by atoms with Crippen molar-refractivity contribution >= 4 is 16.8 Å². The van der Waals surface area contributed by atoms with E-state index in [9.17, 15) is 9.00 Å². The van der Waals surface area contributed by atoms with E-state index in [1.54, 1.807) is 0 Å². The van der Waals surface area contributed by atoms with Gasteiger partial charge in [-0.2, -0.15) is 0 Å². The van der Waals surface area contributed by atoms with E-state index < -0.39 is 16.8 Å². The number of nitrogens with one attached hydrogen (secondary N) is 1. The van der Waals surface area contributed by atoms with Gasteiger partial charge in [-0.25, -0.2) is 0 Å². The molecule has 0 aromatic carbocycles. The van der Waals surface area contributed by atoms with Crippen LogP contribution in [-0.2, 0) is 15.6 Å². The monoisotopic (exact) mass is 191 g/mol. The van der Waals surface area contributed by atoms with Crippen molar-refractivity contribution in [2.24, 2.45) is 0 Å². The van der Waals surface area contributed by atoms with Crippen LogP contribution in [0.5, 0.6) is 0 Å². The lowest BCUT2D eigenvalue weighted by Gasteiger charge is -2.25. The molecule has 2 N–H and O–H groups in total. The molecule has 0 bridgehead atoms. The smallest absolute Gasteiger partial charge is 0.303 e. The molecular formula is C7H13NO3S. The van der Waals surface area contributed by atoms with E-state index in [0.717, 1.165) is 11.5 Å². The minimum Gasteiger partial charge on any atom is -0.481 e. The molecule has 0 atom stereocenters. The summed E-state index contributed by atoms with van der Waals surface area (Å²) < 4.78 is 10.6. The highest BCUT2D eigenvalue weighted by Gasteiger charge is 2.23. The number of carboxylic acids is 1. The van der Waals surface area contributed by atoms with Gasteiger partial charge in [-0.15, -0.1) is 0 Å². The predicted octanol–water partition coefficient (Wildman–Crippen LogP) is -0.428. The van der Waals surface area contributed by atoms with Crippen molar-refractivity contribution in [2.45, 2.75) is 18.9 Å². The maximum Gasteiger partial charge on any atom is 0.303 e. The molecule has 0 saturated carbocycles. The van der Waals surface area contributed by atoms with Crippen molar-refractivity contribution < 1.29 is 14.1 Å². The molecule has 12 heavy (non-hydrogen) atoms. The minimum absolute atomic E-state index is 0.211. The first kappa shape index (κ1) is 9.67. The van der Waals surface area contributed by atoms with E-state index in [4.69, 9.17) is 5.11 Å². The Morgan fingerprint density at radius 3 is 2.75 bits per heavy atom. The topological polar surface area (TPSA) is 66.4 Å². The quantitative estimate of drug-likeness (QED) is 0.579. The van der Waals surface area contributed by atoms with Crippen LogP contribution < -0.4 is 5.32 Å². The SMILES string of the molecule is O=C(O)CCCNC1CS(=O)C1. The molecule has 1 heterocycles. The van der Waals surface area contributed by atoms with Gasteiger partial charge in [0.05, 0.1) is 0 Å². The molecule has 0 aromatic heterocycles. The van der Waals surface area contributed by atoms with Crippen LogP contribution in [0, 0.1) is 0 Å². The minimum atomic E-state index is -0.756. The molecular weight excluding hydrogens is 178 g/mol. The summed E-state index contributed by atoms with van der Waals surface area (Å²) >= 11 is 0. The summed E-state index contributed by atoms with van der Waals surface area (Å²) in [5.74, 6) is 0.703. The van der Waals surface area contributed by atoms with Crippen LogP contribution in [0.4, 0.5) is 0 Å². The van der Waals surface area contributed by atoms with Gasteiger partial charge in [0.25, 0.3) is 0 Å². The van der Waals surface area contributed by atoms with E-state index in [0.29, 0.717) is 19.0 Å². The Morgan fingerprint density at radius 2 is 2.25 bits per heavy atom. The Hall–Kier alpha value is -0.420.